The highest BCUT2D eigenvalue weighted by atomic mass is 16.5. The van der Waals surface area contributed by atoms with Gasteiger partial charge in [-0.2, -0.15) is 0 Å². The van der Waals surface area contributed by atoms with E-state index in [1.165, 1.54) is 25.7 Å². The molecule has 1 saturated heterocycles. The van der Waals surface area contributed by atoms with Crippen molar-refractivity contribution in [2.45, 2.75) is 88.3 Å². The Kier molecular flexibility index (Phi) is 6.07. The van der Waals surface area contributed by atoms with E-state index in [9.17, 15) is 4.79 Å². The first kappa shape index (κ1) is 19.1. The molecule has 0 spiro atoms. The molecule has 1 amide bonds. The molecule has 2 atom stereocenters. The number of methoxy groups -OCH3 is 1. The number of nitrogens with one attached hydrogen (secondary N) is 1. The molecule has 144 valence electrons. The van der Waals surface area contributed by atoms with E-state index in [-0.39, 0.29) is 22.9 Å². The maximum absolute atomic E-state index is 12.9. The predicted octanol–water partition coefficient (Wildman–Crippen LogP) is 2.43. The van der Waals surface area contributed by atoms with Gasteiger partial charge in [-0.3, -0.25) is 9.69 Å². The maximum Gasteiger partial charge on any atom is 0.225 e. The van der Waals surface area contributed by atoms with Gasteiger partial charge in [-0.05, 0) is 45.4 Å². The minimum Gasteiger partial charge on any atom is -0.381 e. The molecular weight excluding hydrogens is 314 g/mol. The highest BCUT2D eigenvalue weighted by Gasteiger charge is 2.43. The average Bonchev–Trinajstić information content (AvgIpc) is 3.09. The average molecular weight is 352 g/mol. The zero-order valence-electron chi connectivity index (χ0n) is 16.2. The number of nitrogens with zero attached hydrogens (tertiary/aromatic N) is 1. The summed E-state index contributed by atoms with van der Waals surface area (Å²) < 4.78 is 5.53. The molecule has 2 aliphatic carbocycles. The van der Waals surface area contributed by atoms with Crippen LogP contribution < -0.4 is 11.1 Å². The number of piperidine rings is 1. The molecule has 0 bridgehead atoms. The number of hydrogen-bond donors (Lipinski definition) is 2. The van der Waals surface area contributed by atoms with E-state index in [2.05, 4.69) is 17.1 Å². The van der Waals surface area contributed by atoms with Gasteiger partial charge in [0.2, 0.25) is 5.91 Å². The number of nitrogens with two attached hydrogens (primary N) is 1. The summed E-state index contributed by atoms with van der Waals surface area (Å²) in [4.78, 5) is 15.5. The van der Waals surface area contributed by atoms with E-state index in [0.717, 1.165) is 58.2 Å². The van der Waals surface area contributed by atoms with Crippen LogP contribution in [0.4, 0.5) is 0 Å². The molecule has 0 radical (unpaired) electrons. The molecule has 3 aliphatic rings. The number of carbonyl (C=O) groups excluding carboxylic acids is 1. The summed E-state index contributed by atoms with van der Waals surface area (Å²) in [6.07, 6.45) is 11.7. The van der Waals surface area contributed by atoms with Gasteiger partial charge in [0.1, 0.15) is 0 Å². The smallest absolute Gasteiger partial charge is 0.225 e. The summed E-state index contributed by atoms with van der Waals surface area (Å²) >= 11 is 0. The molecule has 1 heterocycles. The van der Waals surface area contributed by atoms with Crippen LogP contribution in [0, 0.1) is 5.92 Å². The Hall–Kier alpha value is -0.650. The molecule has 5 heteroatoms. The lowest BCUT2D eigenvalue weighted by atomic mass is 9.74. The number of hydrogen-bond acceptors (Lipinski definition) is 4. The molecule has 2 saturated carbocycles. The number of likely N-dealkylation sites (tertiary alicyclic amines) is 1. The second-order valence-electron chi connectivity index (χ2n) is 8.88. The van der Waals surface area contributed by atoms with Crippen molar-refractivity contribution in [1.29, 1.82) is 0 Å². The first-order valence-electron chi connectivity index (χ1n) is 10.3. The van der Waals surface area contributed by atoms with Crippen LogP contribution >= 0.6 is 0 Å². The van der Waals surface area contributed by atoms with Crippen LogP contribution in [0.25, 0.3) is 0 Å². The number of carbonyl (C=O) groups is 1. The molecule has 3 N–H and O–H groups in total. The lowest BCUT2D eigenvalue weighted by Crippen LogP contribution is -2.59. The fourth-order valence-corrected chi connectivity index (χ4v) is 5.37. The molecule has 3 fully saturated rings. The largest absolute Gasteiger partial charge is 0.381 e. The molecule has 2 unspecified atom stereocenters. The highest BCUT2D eigenvalue weighted by molar-refractivity contribution is 5.80. The quantitative estimate of drug-likeness (QED) is 0.798. The van der Waals surface area contributed by atoms with Crippen LogP contribution in [0.5, 0.6) is 0 Å². The van der Waals surface area contributed by atoms with Crippen LogP contribution in [-0.2, 0) is 9.53 Å². The fraction of sp³-hybridized carbons (Fsp3) is 0.950. The van der Waals surface area contributed by atoms with Gasteiger partial charge < -0.3 is 15.8 Å². The Balaban J connectivity index is 1.59. The van der Waals surface area contributed by atoms with Crippen LogP contribution in [0.1, 0.15) is 71.1 Å². The Morgan fingerprint density at radius 3 is 2.36 bits per heavy atom. The summed E-state index contributed by atoms with van der Waals surface area (Å²) in [6.45, 7) is 5.02. The van der Waals surface area contributed by atoms with Crippen molar-refractivity contribution in [3.63, 3.8) is 0 Å². The van der Waals surface area contributed by atoms with Gasteiger partial charge in [0, 0.05) is 37.8 Å². The van der Waals surface area contributed by atoms with Crippen molar-refractivity contribution in [2.75, 3.05) is 26.7 Å². The normalized spacial score (nSPS) is 34.1. The number of rotatable bonds is 5. The lowest BCUT2D eigenvalue weighted by molar-refractivity contribution is -0.129. The summed E-state index contributed by atoms with van der Waals surface area (Å²) in [7, 11) is 1.82. The molecule has 3 rings (SSSR count). The van der Waals surface area contributed by atoms with Crippen molar-refractivity contribution in [3.8, 4) is 0 Å². The van der Waals surface area contributed by atoms with E-state index in [1.807, 2.05) is 7.11 Å². The Morgan fingerprint density at radius 1 is 1.12 bits per heavy atom. The van der Waals surface area contributed by atoms with Gasteiger partial charge in [0.15, 0.2) is 0 Å². The highest BCUT2D eigenvalue weighted by Crippen LogP contribution is 2.37. The van der Waals surface area contributed by atoms with Crippen molar-refractivity contribution in [3.05, 3.63) is 0 Å². The van der Waals surface area contributed by atoms with Crippen molar-refractivity contribution < 1.29 is 9.53 Å². The van der Waals surface area contributed by atoms with Crippen molar-refractivity contribution in [1.82, 2.24) is 10.2 Å². The fourth-order valence-electron chi connectivity index (χ4n) is 5.37. The maximum atomic E-state index is 12.9. The molecule has 25 heavy (non-hydrogen) atoms. The summed E-state index contributed by atoms with van der Waals surface area (Å²) in [5.41, 5.74) is 6.24. The van der Waals surface area contributed by atoms with E-state index < -0.39 is 0 Å². The molecular formula is C20H37N3O2. The van der Waals surface area contributed by atoms with Crippen LogP contribution in [0.3, 0.4) is 0 Å². The van der Waals surface area contributed by atoms with Gasteiger partial charge in [0.25, 0.3) is 0 Å². The third-order valence-corrected chi connectivity index (χ3v) is 7.14. The van der Waals surface area contributed by atoms with E-state index >= 15 is 0 Å². The van der Waals surface area contributed by atoms with Gasteiger partial charge >= 0.3 is 0 Å². The topological polar surface area (TPSA) is 67.6 Å². The van der Waals surface area contributed by atoms with Crippen LogP contribution in [-0.4, -0.2) is 54.7 Å². The second kappa shape index (κ2) is 7.93. The zero-order valence-corrected chi connectivity index (χ0v) is 16.2. The predicted molar refractivity (Wildman–Crippen MR) is 100 cm³/mol. The third kappa shape index (κ3) is 4.20. The van der Waals surface area contributed by atoms with Gasteiger partial charge in [-0.25, -0.2) is 0 Å². The van der Waals surface area contributed by atoms with E-state index in [4.69, 9.17) is 10.5 Å². The molecule has 0 aromatic heterocycles. The van der Waals surface area contributed by atoms with Crippen molar-refractivity contribution in [2.24, 2.45) is 11.7 Å². The first-order chi connectivity index (χ1) is 12.0. The SMILES string of the molecule is COC1CCN(C2(CNC(=O)C3CCCCC3(C)N)CCCC2)CC1. The summed E-state index contributed by atoms with van der Waals surface area (Å²) in [5, 5.41) is 3.32. The second-order valence-corrected chi connectivity index (χ2v) is 8.88. The Labute approximate surface area is 153 Å². The monoisotopic (exact) mass is 351 g/mol. The lowest BCUT2D eigenvalue weighted by Gasteiger charge is -2.45. The van der Waals surface area contributed by atoms with E-state index in [1.54, 1.807) is 0 Å². The van der Waals surface area contributed by atoms with Gasteiger partial charge in [-0.15, -0.1) is 0 Å². The van der Waals surface area contributed by atoms with Gasteiger partial charge in [-0.1, -0.05) is 25.7 Å². The Bertz CT molecular complexity index is 452. The van der Waals surface area contributed by atoms with Crippen LogP contribution in [0.15, 0.2) is 0 Å². The molecule has 0 aromatic carbocycles. The molecule has 5 nitrogen and oxygen atoms in total. The first-order valence-corrected chi connectivity index (χ1v) is 10.3. The molecule has 1 aliphatic heterocycles. The minimum atomic E-state index is -0.345. The van der Waals surface area contributed by atoms with E-state index in [0.29, 0.717) is 6.10 Å². The third-order valence-electron chi connectivity index (χ3n) is 7.14. The standard InChI is InChI=1S/C20H37N3O2/c1-19(21)10-4-3-7-17(19)18(24)22-15-20(11-5-6-12-20)23-13-8-16(25-2)9-14-23/h16-17H,3-15,21H2,1-2H3,(H,22,24). The number of ether oxygens (including phenoxy) is 1. The summed E-state index contributed by atoms with van der Waals surface area (Å²) in [6, 6.07) is 0. The van der Waals surface area contributed by atoms with Gasteiger partial charge in [0.05, 0.1) is 12.0 Å². The number of amides is 1. The van der Waals surface area contributed by atoms with Crippen molar-refractivity contribution >= 4 is 5.91 Å². The Morgan fingerprint density at radius 2 is 1.76 bits per heavy atom. The summed E-state index contributed by atoms with van der Waals surface area (Å²) in [5.74, 6) is 0.154. The zero-order chi connectivity index (χ0) is 17.9. The minimum absolute atomic E-state index is 0.0288. The van der Waals surface area contributed by atoms with Crippen LogP contribution in [0.2, 0.25) is 0 Å². The molecule has 0 aromatic rings.